The number of hydrogen-bond acceptors (Lipinski definition) is 5. The van der Waals surface area contributed by atoms with Crippen LogP contribution in [-0.2, 0) is 19.9 Å². The number of unbranched alkanes of at least 4 members (excludes halogenated alkanes) is 2. The largest absolute Gasteiger partial charge is 0.464 e. The van der Waals surface area contributed by atoms with Gasteiger partial charge in [-0.1, -0.05) is 37.3 Å². The molecule has 0 spiro atoms. The number of rotatable bonds is 8. The fourth-order valence-corrected chi connectivity index (χ4v) is 2.80. The van der Waals surface area contributed by atoms with Crippen LogP contribution in [0, 0.1) is 11.3 Å². The van der Waals surface area contributed by atoms with E-state index in [1.54, 1.807) is 24.3 Å². The van der Waals surface area contributed by atoms with Crippen LogP contribution in [0.25, 0.3) is 0 Å². The van der Waals surface area contributed by atoms with Gasteiger partial charge in [0, 0.05) is 6.42 Å². The van der Waals surface area contributed by atoms with E-state index in [1.807, 2.05) is 19.1 Å². The summed E-state index contributed by atoms with van der Waals surface area (Å²) < 4.78 is 5.03. The number of carbonyl (C=O) groups is 3. The molecule has 7 nitrogen and oxygen atoms in total. The summed E-state index contributed by atoms with van der Waals surface area (Å²) in [6, 6.07) is 10.4. The highest BCUT2D eigenvalue weighted by Crippen LogP contribution is 2.32. The maximum Gasteiger partial charge on any atom is 0.326 e. The van der Waals surface area contributed by atoms with E-state index in [2.05, 4.69) is 5.32 Å². The third kappa shape index (κ3) is 3.97. The molecule has 1 atom stereocenters. The molecule has 2 rings (SSSR count). The van der Waals surface area contributed by atoms with Crippen molar-refractivity contribution in [1.29, 1.82) is 5.26 Å². The number of nitrogens with one attached hydrogen (secondary N) is 1. The van der Waals surface area contributed by atoms with Crippen molar-refractivity contribution in [2.45, 2.75) is 38.1 Å². The Bertz CT molecular complexity index is 683. The van der Waals surface area contributed by atoms with Gasteiger partial charge in [-0.15, -0.1) is 0 Å². The topological polar surface area (TPSA) is 99.5 Å². The molecule has 1 heterocycles. The Labute approximate surface area is 146 Å². The van der Waals surface area contributed by atoms with Gasteiger partial charge in [-0.3, -0.25) is 14.5 Å². The molecule has 1 aromatic rings. The number of carbonyl (C=O) groups excluding carboxylic acids is 3. The number of urea groups is 1. The van der Waals surface area contributed by atoms with Crippen LogP contribution in [0.3, 0.4) is 0 Å². The van der Waals surface area contributed by atoms with E-state index < -0.39 is 30.0 Å². The van der Waals surface area contributed by atoms with Crippen molar-refractivity contribution in [1.82, 2.24) is 10.2 Å². The van der Waals surface area contributed by atoms with Crippen LogP contribution in [0.15, 0.2) is 30.3 Å². The second kappa shape index (κ2) is 8.29. The van der Waals surface area contributed by atoms with Crippen LogP contribution >= 0.6 is 0 Å². The molecule has 3 amide bonds. The van der Waals surface area contributed by atoms with Gasteiger partial charge in [0.05, 0.1) is 12.7 Å². The predicted molar refractivity (Wildman–Crippen MR) is 89.1 cm³/mol. The maximum atomic E-state index is 12.8. The first-order valence-corrected chi connectivity index (χ1v) is 8.27. The lowest BCUT2D eigenvalue weighted by atomic mass is 9.87. The summed E-state index contributed by atoms with van der Waals surface area (Å²) in [6.45, 7) is 1.56. The number of ether oxygens (including phenoxy) is 1. The SMILES string of the molecule is CCC1(c2ccccc2)NC(=O)N(CC(=O)OCCCCC#N)C1=O. The van der Waals surface area contributed by atoms with Crippen LogP contribution in [-0.4, -0.2) is 36.0 Å². The Morgan fingerprint density at radius 1 is 1.28 bits per heavy atom. The Morgan fingerprint density at radius 2 is 2.00 bits per heavy atom. The van der Waals surface area contributed by atoms with Gasteiger partial charge < -0.3 is 10.1 Å². The highest BCUT2D eigenvalue weighted by Gasteiger charge is 2.51. The minimum Gasteiger partial charge on any atom is -0.464 e. The number of amides is 3. The van der Waals surface area contributed by atoms with Gasteiger partial charge in [0.25, 0.3) is 5.91 Å². The minimum atomic E-state index is -1.15. The van der Waals surface area contributed by atoms with Crippen molar-refractivity contribution in [3.05, 3.63) is 35.9 Å². The quantitative estimate of drug-likeness (QED) is 0.442. The molecule has 0 aliphatic carbocycles. The monoisotopic (exact) mass is 343 g/mol. The van der Waals surface area contributed by atoms with Gasteiger partial charge in [0.2, 0.25) is 0 Å². The predicted octanol–water partition coefficient (Wildman–Crippen LogP) is 2.08. The lowest BCUT2D eigenvalue weighted by Gasteiger charge is -2.25. The van der Waals surface area contributed by atoms with Gasteiger partial charge in [-0.2, -0.15) is 5.26 Å². The normalized spacial score (nSPS) is 19.4. The van der Waals surface area contributed by atoms with Crippen molar-refractivity contribution in [3.8, 4) is 6.07 Å². The summed E-state index contributed by atoms with van der Waals surface area (Å²) in [5, 5.41) is 11.2. The van der Waals surface area contributed by atoms with Crippen LogP contribution in [0.4, 0.5) is 4.79 Å². The van der Waals surface area contributed by atoms with Crippen molar-refractivity contribution in [2.24, 2.45) is 0 Å². The molecule has 25 heavy (non-hydrogen) atoms. The van der Waals surface area contributed by atoms with E-state index >= 15 is 0 Å². The molecule has 1 saturated heterocycles. The zero-order valence-corrected chi connectivity index (χ0v) is 14.2. The molecule has 0 bridgehead atoms. The molecule has 1 N–H and O–H groups in total. The number of nitrogens with zero attached hydrogens (tertiary/aromatic N) is 2. The summed E-state index contributed by atoms with van der Waals surface area (Å²) in [5.74, 6) is -1.09. The van der Waals surface area contributed by atoms with E-state index in [9.17, 15) is 14.4 Å². The van der Waals surface area contributed by atoms with E-state index in [1.165, 1.54) is 0 Å². The summed E-state index contributed by atoms with van der Waals surface area (Å²) in [7, 11) is 0. The zero-order valence-electron chi connectivity index (χ0n) is 14.2. The van der Waals surface area contributed by atoms with Crippen LogP contribution in [0.2, 0.25) is 0 Å². The van der Waals surface area contributed by atoms with E-state index in [4.69, 9.17) is 10.00 Å². The van der Waals surface area contributed by atoms with Crippen LogP contribution in [0.5, 0.6) is 0 Å². The Morgan fingerprint density at radius 3 is 2.64 bits per heavy atom. The summed E-state index contributed by atoms with van der Waals surface area (Å²) >= 11 is 0. The minimum absolute atomic E-state index is 0.168. The maximum absolute atomic E-state index is 12.8. The van der Waals surface area contributed by atoms with Gasteiger partial charge in [0.1, 0.15) is 12.1 Å². The molecule has 1 aliphatic rings. The molecule has 0 aromatic heterocycles. The molecule has 1 unspecified atom stereocenters. The van der Waals surface area contributed by atoms with Crippen molar-refractivity contribution in [2.75, 3.05) is 13.2 Å². The molecule has 0 saturated carbocycles. The van der Waals surface area contributed by atoms with E-state index in [-0.39, 0.29) is 6.61 Å². The molecule has 1 fully saturated rings. The van der Waals surface area contributed by atoms with E-state index in [0.717, 1.165) is 4.90 Å². The van der Waals surface area contributed by atoms with Gasteiger partial charge in [-0.05, 0) is 24.8 Å². The number of benzene rings is 1. The smallest absolute Gasteiger partial charge is 0.326 e. The molecular weight excluding hydrogens is 322 g/mol. The van der Waals surface area contributed by atoms with Crippen LogP contribution in [0.1, 0.15) is 38.2 Å². The van der Waals surface area contributed by atoms with Gasteiger partial charge >= 0.3 is 12.0 Å². The Hall–Kier alpha value is -2.88. The van der Waals surface area contributed by atoms with E-state index in [0.29, 0.717) is 31.2 Å². The number of hydrogen-bond donors (Lipinski definition) is 1. The second-order valence-corrected chi connectivity index (χ2v) is 5.78. The number of imide groups is 1. The number of nitriles is 1. The average molecular weight is 343 g/mol. The highest BCUT2D eigenvalue weighted by molar-refractivity contribution is 6.09. The fourth-order valence-electron chi connectivity index (χ4n) is 2.80. The first-order valence-electron chi connectivity index (χ1n) is 8.27. The molecule has 0 radical (unpaired) electrons. The Balaban J connectivity index is 2.01. The van der Waals surface area contributed by atoms with Gasteiger partial charge in [-0.25, -0.2) is 4.79 Å². The molecule has 1 aromatic carbocycles. The van der Waals surface area contributed by atoms with Crippen molar-refractivity contribution >= 4 is 17.9 Å². The fraction of sp³-hybridized carbons (Fsp3) is 0.444. The first kappa shape index (κ1) is 18.5. The van der Waals surface area contributed by atoms with Gasteiger partial charge in [0.15, 0.2) is 0 Å². The third-order valence-corrected chi connectivity index (χ3v) is 4.21. The lowest BCUT2D eigenvalue weighted by molar-refractivity contribution is -0.148. The molecule has 132 valence electrons. The third-order valence-electron chi connectivity index (χ3n) is 4.21. The average Bonchev–Trinajstić information content (AvgIpc) is 2.87. The standard InChI is InChI=1S/C18H21N3O4/c1-2-18(14-9-5-3-6-10-14)16(23)21(17(24)20-18)13-15(22)25-12-8-4-7-11-19/h3,5-6,9-10H,2,4,7-8,12-13H2,1H3,(H,20,24). The lowest BCUT2D eigenvalue weighted by Crippen LogP contribution is -2.44. The Kier molecular flexibility index (Phi) is 6.12. The van der Waals surface area contributed by atoms with Crippen LogP contribution < -0.4 is 5.32 Å². The second-order valence-electron chi connectivity index (χ2n) is 5.78. The summed E-state index contributed by atoms with van der Waals surface area (Å²) in [6.07, 6.45) is 1.99. The summed E-state index contributed by atoms with van der Waals surface area (Å²) in [5.41, 5.74) is -0.464. The van der Waals surface area contributed by atoms with Crippen molar-refractivity contribution < 1.29 is 19.1 Å². The molecule has 7 heteroatoms. The zero-order chi connectivity index (χ0) is 18.3. The summed E-state index contributed by atoms with van der Waals surface area (Å²) in [4.78, 5) is 37.8. The number of esters is 1. The molecule has 1 aliphatic heterocycles. The highest BCUT2D eigenvalue weighted by atomic mass is 16.5. The first-order chi connectivity index (χ1) is 12.0. The van der Waals surface area contributed by atoms with Crippen molar-refractivity contribution in [3.63, 3.8) is 0 Å². The molecular formula is C18H21N3O4.